The highest BCUT2D eigenvalue weighted by Crippen LogP contribution is 2.43. The number of carbonyl (C=O) groups excluding carboxylic acids is 5. The van der Waals surface area contributed by atoms with E-state index in [2.05, 4.69) is 70.4 Å². The first-order valence-electron chi connectivity index (χ1n) is 30.6. The van der Waals surface area contributed by atoms with E-state index in [-0.39, 0.29) is 44.9 Å². The third-order valence-electron chi connectivity index (χ3n) is 17.7. The van der Waals surface area contributed by atoms with Crippen molar-refractivity contribution in [1.29, 1.82) is 0 Å². The van der Waals surface area contributed by atoms with Crippen molar-refractivity contribution < 1.29 is 52.8 Å². The molecule has 10 aromatic rings. The molecule has 472 valence electrons. The molecule has 3 heterocycles. The first-order chi connectivity index (χ1) is 45.5. The van der Waals surface area contributed by atoms with E-state index in [0.717, 1.165) is 49.8 Å². The summed E-state index contributed by atoms with van der Waals surface area (Å²) >= 11 is 0. The summed E-state index contributed by atoms with van der Waals surface area (Å²) in [5.74, 6) is 0.859. The van der Waals surface area contributed by atoms with E-state index < -0.39 is 23.7 Å². The number of aromatic carboxylic acids is 1. The number of hydrogen-bond acceptors (Lipinski definition) is 10. The van der Waals surface area contributed by atoms with Crippen LogP contribution in [0.5, 0.6) is 34.5 Å². The Morgan fingerprint density at radius 1 is 0.379 bits per heavy atom. The number of imide groups is 1. The zero-order chi connectivity index (χ0) is 67.2. The SMILES string of the molecule is C=C1c2cc(C)ccc2C(=O)N1c1ccc(N2C(=C)c3cc(Oc4ccc(C(C)(C)c5ccc(OC)cc5)cc4)ccc3C2=O)cc1.COc1ccc(C(C)(C)c2ccc(Oc3ccc4c(c3)C(=O)N(c3ccc(NC(=O)c5cc(C)ccc5C(=O)O)cc3)C4=O)cc2)cc1. The van der Waals surface area contributed by atoms with Gasteiger partial charge < -0.3 is 29.4 Å². The molecule has 15 heteroatoms. The fourth-order valence-corrected chi connectivity index (χ4v) is 12.1. The standard InChI is InChI=1S/C41H34N2O4.C39H32N2O7/c1-25-7-21-35-37(23-25)26(2)42(39(35)44)30-12-14-31(15-13-30)43-27(3)38-24-34(20-22-36(38)40(43)45)47-33-18-10-29(11-19-33)41(4,5)28-8-16-32(46-6)17-9-28;1-23-5-19-32(38(45)46)33(21-23)35(42)40-26-10-12-27(13-11-26)41-36(43)31-20-18-30(22-34(31)37(41)44)48-29-16-8-25(9-17-29)39(2,3)24-6-14-28(47-4)15-7-24/h7-24H,2-3H2,1,4-6H3;5-22H,1-4H3,(H,40,42)(H,45,46). The number of carbonyl (C=O) groups is 6. The van der Waals surface area contributed by atoms with E-state index in [9.17, 15) is 33.9 Å². The summed E-state index contributed by atoms with van der Waals surface area (Å²) in [6, 6.07) is 65.9. The van der Waals surface area contributed by atoms with Crippen LogP contribution in [0, 0.1) is 13.8 Å². The zero-order valence-corrected chi connectivity index (χ0v) is 53.6. The molecule has 0 aromatic heterocycles. The lowest BCUT2D eigenvalue weighted by Gasteiger charge is -2.26. The number of hydrogen-bond donors (Lipinski definition) is 2. The summed E-state index contributed by atoms with van der Waals surface area (Å²) in [5, 5.41) is 12.2. The Morgan fingerprint density at radius 3 is 1.16 bits per heavy atom. The molecule has 3 aliphatic rings. The number of aryl methyl sites for hydroxylation is 2. The van der Waals surface area contributed by atoms with Crippen molar-refractivity contribution in [3.63, 3.8) is 0 Å². The van der Waals surface area contributed by atoms with Crippen LogP contribution in [0.4, 0.5) is 22.7 Å². The molecular weight excluding hydrogens is 1190 g/mol. The normalized spacial score (nSPS) is 13.2. The van der Waals surface area contributed by atoms with E-state index in [1.54, 1.807) is 79.5 Å². The summed E-state index contributed by atoms with van der Waals surface area (Å²) in [5.41, 5.74) is 12.2. The van der Waals surface area contributed by atoms with Crippen molar-refractivity contribution in [2.75, 3.05) is 34.2 Å². The van der Waals surface area contributed by atoms with Crippen LogP contribution in [-0.2, 0) is 10.8 Å². The number of methoxy groups -OCH3 is 2. The molecule has 15 nitrogen and oxygen atoms in total. The number of carboxylic acid groups (broad SMARTS) is 1. The first-order valence-corrected chi connectivity index (χ1v) is 30.6. The second-order valence-corrected chi connectivity index (χ2v) is 24.4. The lowest BCUT2D eigenvalue weighted by molar-refractivity contribution is 0.0691. The third-order valence-corrected chi connectivity index (χ3v) is 17.7. The number of nitrogens with zero attached hydrogens (tertiary/aromatic N) is 3. The lowest BCUT2D eigenvalue weighted by Crippen LogP contribution is -2.29. The molecular formula is C80H66N4O11. The average molecular weight is 1260 g/mol. The minimum Gasteiger partial charge on any atom is -0.497 e. The number of nitrogens with one attached hydrogen (secondary N) is 1. The minimum absolute atomic E-state index is 0.0262. The Kier molecular flexibility index (Phi) is 16.7. The van der Waals surface area contributed by atoms with Crippen LogP contribution < -0.4 is 39.0 Å². The van der Waals surface area contributed by atoms with E-state index in [1.807, 2.05) is 128 Å². The summed E-state index contributed by atoms with van der Waals surface area (Å²) in [4.78, 5) is 82.2. The molecule has 0 atom stereocenters. The molecule has 95 heavy (non-hydrogen) atoms. The highest BCUT2D eigenvalue weighted by Gasteiger charge is 2.38. The van der Waals surface area contributed by atoms with Gasteiger partial charge in [-0.05, 0) is 194 Å². The fraction of sp³-hybridized carbons (Fsp3) is 0.125. The minimum atomic E-state index is -1.21. The van der Waals surface area contributed by atoms with Crippen LogP contribution in [0.15, 0.2) is 232 Å². The topological polar surface area (TPSA) is 181 Å². The van der Waals surface area contributed by atoms with Crippen molar-refractivity contribution in [3.8, 4) is 34.5 Å². The molecule has 0 unspecified atom stereocenters. The molecule has 0 saturated heterocycles. The Morgan fingerprint density at radius 2 is 0.716 bits per heavy atom. The Balaban J connectivity index is 0.000000182. The van der Waals surface area contributed by atoms with Gasteiger partial charge in [-0.1, -0.05) is 113 Å². The van der Waals surface area contributed by atoms with Gasteiger partial charge in [0.1, 0.15) is 34.5 Å². The number of fused-ring (bicyclic) bond motifs is 3. The second kappa shape index (κ2) is 25.2. The zero-order valence-electron chi connectivity index (χ0n) is 53.6. The van der Waals surface area contributed by atoms with Gasteiger partial charge >= 0.3 is 5.97 Å². The molecule has 0 fully saturated rings. The number of carboxylic acids is 1. The maximum Gasteiger partial charge on any atom is 0.336 e. The van der Waals surface area contributed by atoms with Crippen molar-refractivity contribution in [2.24, 2.45) is 0 Å². The molecule has 0 bridgehead atoms. The largest absolute Gasteiger partial charge is 0.497 e. The Labute approximate surface area is 550 Å². The van der Waals surface area contributed by atoms with Gasteiger partial charge in [-0.25, -0.2) is 9.69 Å². The van der Waals surface area contributed by atoms with Gasteiger partial charge in [0.25, 0.3) is 29.5 Å². The summed E-state index contributed by atoms with van der Waals surface area (Å²) in [6.45, 7) is 20.9. The second-order valence-electron chi connectivity index (χ2n) is 24.4. The highest BCUT2D eigenvalue weighted by molar-refractivity contribution is 6.34. The molecule has 0 spiro atoms. The van der Waals surface area contributed by atoms with Gasteiger partial charge in [-0.3, -0.25) is 33.8 Å². The van der Waals surface area contributed by atoms with Crippen molar-refractivity contribution in [3.05, 3.63) is 309 Å². The fourth-order valence-electron chi connectivity index (χ4n) is 12.1. The van der Waals surface area contributed by atoms with Crippen LogP contribution in [0.2, 0.25) is 0 Å². The van der Waals surface area contributed by atoms with Crippen LogP contribution in [0.3, 0.4) is 0 Å². The summed E-state index contributed by atoms with van der Waals surface area (Å²) in [6.07, 6.45) is 0. The number of anilines is 4. The van der Waals surface area contributed by atoms with E-state index in [0.29, 0.717) is 73.8 Å². The smallest absolute Gasteiger partial charge is 0.336 e. The van der Waals surface area contributed by atoms with Crippen molar-refractivity contribution >= 4 is 69.6 Å². The van der Waals surface area contributed by atoms with Crippen LogP contribution in [0.25, 0.3) is 11.4 Å². The van der Waals surface area contributed by atoms with E-state index in [1.165, 1.54) is 29.8 Å². The first kappa shape index (κ1) is 63.1. The quantitative estimate of drug-likeness (QED) is 0.0879. The molecule has 13 rings (SSSR count). The van der Waals surface area contributed by atoms with Gasteiger partial charge in [0, 0.05) is 50.1 Å². The van der Waals surface area contributed by atoms with Gasteiger partial charge in [0.05, 0.1) is 53.6 Å². The number of ether oxygens (including phenoxy) is 4. The monoisotopic (exact) mass is 1260 g/mol. The molecule has 2 N–H and O–H groups in total. The Hall–Kier alpha value is -12.1. The van der Waals surface area contributed by atoms with Crippen LogP contribution in [0.1, 0.15) is 134 Å². The molecule has 0 radical (unpaired) electrons. The molecule has 10 aromatic carbocycles. The average Bonchev–Trinajstić information content (AvgIpc) is 1.62. The summed E-state index contributed by atoms with van der Waals surface area (Å²) in [7, 11) is 3.31. The Bertz CT molecular complexity index is 4770. The number of amides is 5. The van der Waals surface area contributed by atoms with Gasteiger partial charge in [-0.15, -0.1) is 0 Å². The van der Waals surface area contributed by atoms with Crippen LogP contribution >= 0.6 is 0 Å². The summed E-state index contributed by atoms with van der Waals surface area (Å²) < 4.78 is 22.9. The van der Waals surface area contributed by atoms with Crippen molar-refractivity contribution in [2.45, 2.75) is 52.4 Å². The van der Waals surface area contributed by atoms with Gasteiger partial charge in [0.15, 0.2) is 0 Å². The highest BCUT2D eigenvalue weighted by atomic mass is 16.5. The molecule has 3 aliphatic heterocycles. The lowest BCUT2D eigenvalue weighted by atomic mass is 9.78. The van der Waals surface area contributed by atoms with Gasteiger partial charge in [-0.2, -0.15) is 0 Å². The number of rotatable bonds is 16. The van der Waals surface area contributed by atoms with Gasteiger partial charge in [0.2, 0.25) is 0 Å². The van der Waals surface area contributed by atoms with E-state index >= 15 is 0 Å². The molecule has 5 amide bonds. The van der Waals surface area contributed by atoms with Crippen molar-refractivity contribution in [1.82, 2.24) is 0 Å². The maximum absolute atomic E-state index is 13.5. The van der Waals surface area contributed by atoms with Crippen LogP contribution in [-0.4, -0.2) is 54.8 Å². The molecule has 0 saturated carbocycles. The number of benzene rings is 10. The molecule has 0 aliphatic carbocycles. The van der Waals surface area contributed by atoms with E-state index in [4.69, 9.17) is 18.9 Å². The predicted molar refractivity (Wildman–Crippen MR) is 369 cm³/mol. The predicted octanol–water partition coefficient (Wildman–Crippen LogP) is 17.3. The maximum atomic E-state index is 13.5. The third kappa shape index (κ3) is 12.1.